The van der Waals surface area contributed by atoms with Gasteiger partial charge in [-0.1, -0.05) is 13.8 Å². The fourth-order valence-electron chi connectivity index (χ4n) is 1.38. The Morgan fingerprint density at radius 1 is 1.29 bits per heavy atom. The van der Waals surface area contributed by atoms with Gasteiger partial charge in [0.1, 0.15) is 0 Å². The molecule has 1 aromatic rings. The molecule has 1 nitrogen and oxygen atoms in total. The van der Waals surface area contributed by atoms with E-state index in [4.69, 9.17) is 0 Å². The second kappa shape index (κ2) is 5.52. The minimum absolute atomic E-state index is 0.507. The van der Waals surface area contributed by atoms with Crippen LogP contribution in [0.25, 0.3) is 0 Å². The molecule has 1 aromatic heterocycles. The standard InChI is InChI=1S/C12H21NS/c1-9(2)7-8-13-11(4)12-6-5-10(3)14-12/h5-6,9,11,13H,7-8H2,1-4H3. The quantitative estimate of drug-likeness (QED) is 0.782. The third-order valence-electron chi connectivity index (χ3n) is 2.36. The summed E-state index contributed by atoms with van der Waals surface area (Å²) in [5, 5.41) is 3.55. The summed E-state index contributed by atoms with van der Waals surface area (Å²) in [6, 6.07) is 4.93. The van der Waals surface area contributed by atoms with Crippen LogP contribution in [0, 0.1) is 12.8 Å². The number of hydrogen-bond acceptors (Lipinski definition) is 2. The lowest BCUT2D eigenvalue weighted by Crippen LogP contribution is -2.20. The second-order valence-corrected chi connectivity index (χ2v) is 5.63. The molecule has 14 heavy (non-hydrogen) atoms. The van der Waals surface area contributed by atoms with E-state index in [1.54, 1.807) is 0 Å². The van der Waals surface area contributed by atoms with Gasteiger partial charge in [-0.3, -0.25) is 0 Å². The molecule has 0 spiro atoms. The van der Waals surface area contributed by atoms with Crippen molar-refractivity contribution in [2.75, 3.05) is 6.54 Å². The zero-order valence-corrected chi connectivity index (χ0v) is 10.4. The molecule has 0 radical (unpaired) electrons. The molecule has 2 heteroatoms. The van der Waals surface area contributed by atoms with Gasteiger partial charge in [0.15, 0.2) is 0 Å². The van der Waals surface area contributed by atoms with E-state index in [0.717, 1.165) is 12.5 Å². The van der Waals surface area contributed by atoms with E-state index in [2.05, 4.69) is 45.1 Å². The Bertz CT molecular complexity index is 265. The summed E-state index contributed by atoms with van der Waals surface area (Å²) in [4.78, 5) is 2.85. The molecular formula is C12H21NS. The molecule has 0 bridgehead atoms. The fraction of sp³-hybridized carbons (Fsp3) is 0.667. The van der Waals surface area contributed by atoms with Crippen molar-refractivity contribution in [3.05, 3.63) is 21.9 Å². The first-order chi connectivity index (χ1) is 6.59. The molecule has 1 N–H and O–H groups in total. The topological polar surface area (TPSA) is 12.0 Å². The van der Waals surface area contributed by atoms with Crippen molar-refractivity contribution in [3.63, 3.8) is 0 Å². The van der Waals surface area contributed by atoms with E-state index in [1.165, 1.54) is 16.2 Å². The molecule has 1 atom stereocenters. The monoisotopic (exact) mass is 211 g/mol. The van der Waals surface area contributed by atoms with Crippen LogP contribution in [0.1, 0.15) is 43.0 Å². The maximum atomic E-state index is 3.55. The summed E-state index contributed by atoms with van der Waals surface area (Å²) in [5.74, 6) is 0.791. The van der Waals surface area contributed by atoms with Crippen LogP contribution in [0.3, 0.4) is 0 Å². The number of thiophene rings is 1. The van der Waals surface area contributed by atoms with E-state index >= 15 is 0 Å². The smallest absolute Gasteiger partial charge is 0.0386 e. The van der Waals surface area contributed by atoms with Crippen molar-refractivity contribution >= 4 is 11.3 Å². The third-order valence-corrected chi connectivity index (χ3v) is 3.54. The predicted molar refractivity (Wildman–Crippen MR) is 64.9 cm³/mol. The van der Waals surface area contributed by atoms with Gasteiger partial charge in [0.2, 0.25) is 0 Å². The molecule has 0 aliphatic carbocycles. The average molecular weight is 211 g/mol. The Balaban J connectivity index is 2.32. The SMILES string of the molecule is Cc1ccc(C(C)NCCC(C)C)s1. The minimum atomic E-state index is 0.507. The highest BCUT2D eigenvalue weighted by Crippen LogP contribution is 2.22. The van der Waals surface area contributed by atoms with Gasteiger partial charge in [0.05, 0.1) is 0 Å². The Morgan fingerprint density at radius 2 is 2.00 bits per heavy atom. The molecule has 1 unspecified atom stereocenters. The van der Waals surface area contributed by atoms with Gasteiger partial charge in [-0.05, 0) is 44.9 Å². The van der Waals surface area contributed by atoms with Crippen molar-refractivity contribution in [2.24, 2.45) is 5.92 Å². The molecule has 80 valence electrons. The molecule has 0 aliphatic heterocycles. The lowest BCUT2D eigenvalue weighted by molar-refractivity contribution is 0.500. The normalized spacial score (nSPS) is 13.5. The van der Waals surface area contributed by atoms with Crippen LogP contribution in [0.5, 0.6) is 0 Å². The summed E-state index contributed by atoms with van der Waals surface area (Å²) in [7, 11) is 0. The number of nitrogens with one attached hydrogen (secondary N) is 1. The first kappa shape index (κ1) is 11.7. The second-order valence-electron chi connectivity index (χ2n) is 4.31. The fourth-order valence-corrected chi connectivity index (χ4v) is 2.28. The summed E-state index contributed by atoms with van der Waals surface area (Å²) < 4.78 is 0. The highest BCUT2D eigenvalue weighted by molar-refractivity contribution is 7.12. The average Bonchev–Trinajstić information content (AvgIpc) is 2.51. The van der Waals surface area contributed by atoms with Gasteiger partial charge in [0, 0.05) is 15.8 Å². The van der Waals surface area contributed by atoms with Gasteiger partial charge in [-0.25, -0.2) is 0 Å². The summed E-state index contributed by atoms with van der Waals surface area (Å²) in [6.45, 7) is 10.1. The molecule has 0 saturated carbocycles. The van der Waals surface area contributed by atoms with Crippen LogP contribution < -0.4 is 5.32 Å². The first-order valence-electron chi connectivity index (χ1n) is 5.39. The maximum Gasteiger partial charge on any atom is 0.0386 e. The minimum Gasteiger partial charge on any atom is -0.309 e. The number of rotatable bonds is 5. The van der Waals surface area contributed by atoms with Gasteiger partial charge in [-0.2, -0.15) is 0 Å². The lowest BCUT2D eigenvalue weighted by atomic mass is 10.1. The van der Waals surface area contributed by atoms with E-state index in [-0.39, 0.29) is 0 Å². The molecule has 0 aliphatic rings. The molecule has 0 aromatic carbocycles. The van der Waals surface area contributed by atoms with Crippen LogP contribution in [0.4, 0.5) is 0 Å². The zero-order chi connectivity index (χ0) is 10.6. The van der Waals surface area contributed by atoms with E-state index in [0.29, 0.717) is 6.04 Å². The molecule has 0 fully saturated rings. The van der Waals surface area contributed by atoms with Crippen LogP contribution in [-0.4, -0.2) is 6.54 Å². The Hall–Kier alpha value is -0.340. The Labute approximate surface area is 91.5 Å². The van der Waals surface area contributed by atoms with Crippen molar-refractivity contribution in [1.29, 1.82) is 0 Å². The summed E-state index contributed by atoms with van der Waals surface area (Å²) >= 11 is 1.89. The van der Waals surface area contributed by atoms with Crippen LogP contribution in [0.2, 0.25) is 0 Å². The van der Waals surface area contributed by atoms with E-state index in [1.807, 2.05) is 11.3 Å². The van der Waals surface area contributed by atoms with Crippen molar-refractivity contribution in [1.82, 2.24) is 5.32 Å². The molecular weight excluding hydrogens is 190 g/mol. The van der Waals surface area contributed by atoms with Crippen LogP contribution >= 0.6 is 11.3 Å². The van der Waals surface area contributed by atoms with Crippen LogP contribution in [0.15, 0.2) is 12.1 Å². The van der Waals surface area contributed by atoms with Gasteiger partial charge < -0.3 is 5.32 Å². The van der Waals surface area contributed by atoms with Gasteiger partial charge in [0.25, 0.3) is 0 Å². The highest BCUT2D eigenvalue weighted by Gasteiger charge is 2.06. The lowest BCUT2D eigenvalue weighted by Gasteiger charge is -2.12. The van der Waals surface area contributed by atoms with E-state index in [9.17, 15) is 0 Å². The van der Waals surface area contributed by atoms with E-state index < -0.39 is 0 Å². The van der Waals surface area contributed by atoms with Gasteiger partial charge >= 0.3 is 0 Å². The Kier molecular flexibility index (Phi) is 4.63. The largest absolute Gasteiger partial charge is 0.309 e. The molecule has 1 rings (SSSR count). The van der Waals surface area contributed by atoms with Gasteiger partial charge in [-0.15, -0.1) is 11.3 Å². The maximum absolute atomic E-state index is 3.55. The summed E-state index contributed by atoms with van der Waals surface area (Å²) in [5.41, 5.74) is 0. The number of aryl methyl sites for hydroxylation is 1. The highest BCUT2D eigenvalue weighted by atomic mass is 32.1. The Morgan fingerprint density at radius 3 is 2.50 bits per heavy atom. The van der Waals surface area contributed by atoms with Crippen molar-refractivity contribution in [2.45, 2.75) is 40.2 Å². The number of hydrogen-bond donors (Lipinski definition) is 1. The predicted octanol–water partition coefficient (Wildman–Crippen LogP) is 3.75. The van der Waals surface area contributed by atoms with Crippen molar-refractivity contribution in [3.8, 4) is 0 Å². The summed E-state index contributed by atoms with van der Waals surface area (Å²) in [6.07, 6.45) is 1.26. The third kappa shape index (κ3) is 3.81. The molecule has 0 amide bonds. The molecule has 1 heterocycles. The zero-order valence-electron chi connectivity index (χ0n) is 9.63. The van der Waals surface area contributed by atoms with Crippen LogP contribution in [-0.2, 0) is 0 Å². The molecule has 0 saturated heterocycles. The first-order valence-corrected chi connectivity index (χ1v) is 6.21. The van der Waals surface area contributed by atoms with Crippen molar-refractivity contribution < 1.29 is 0 Å².